The molecule has 0 bridgehead atoms. The molecule has 0 aromatic carbocycles. The van der Waals surface area contributed by atoms with Crippen LogP contribution in [0.3, 0.4) is 0 Å². The molecule has 1 fully saturated rings. The minimum Gasteiger partial charge on any atom is -0.493 e. The average molecular weight is 277 g/mol. The quantitative estimate of drug-likeness (QED) is 0.930. The van der Waals surface area contributed by atoms with Crippen molar-refractivity contribution in [2.75, 3.05) is 7.11 Å². The molecule has 0 spiro atoms. The van der Waals surface area contributed by atoms with Gasteiger partial charge in [-0.25, -0.2) is 9.50 Å². The number of rotatable bonds is 3. The van der Waals surface area contributed by atoms with E-state index < -0.39 is 11.4 Å². The van der Waals surface area contributed by atoms with Crippen LogP contribution in [0.15, 0.2) is 12.1 Å². The van der Waals surface area contributed by atoms with Crippen LogP contribution in [0, 0.1) is 6.92 Å². The number of ether oxygens (including phenoxy) is 1. The van der Waals surface area contributed by atoms with Gasteiger partial charge in [-0.3, -0.25) is 4.79 Å². The SMILES string of the molecule is CC.COc1ccc(C)n2nc(C3(C(=O)O)CC3)nc12. The van der Waals surface area contributed by atoms with Gasteiger partial charge in [0.15, 0.2) is 17.2 Å². The molecule has 6 nitrogen and oxygen atoms in total. The fraction of sp³-hybridized carbons (Fsp3) is 0.500. The summed E-state index contributed by atoms with van der Waals surface area (Å²) >= 11 is 0. The van der Waals surface area contributed by atoms with Crippen molar-refractivity contribution >= 4 is 11.6 Å². The van der Waals surface area contributed by atoms with Gasteiger partial charge in [-0.1, -0.05) is 13.8 Å². The Bertz CT molecular complexity index is 644. The molecule has 2 heterocycles. The Morgan fingerprint density at radius 2 is 2.05 bits per heavy atom. The highest BCUT2D eigenvalue weighted by molar-refractivity contribution is 5.83. The fourth-order valence-electron chi connectivity index (χ4n) is 2.08. The van der Waals surface area contributed by atoms with E-state index in [0.717, 1.165) is 5.69 Å². The standard InChI is InChI=1S/C12H13N3O3.C2H6/c1-7-3-4-8(18-2)9-13-10(14-15(7)9)12(5-6-12)11(16)17;1-2/h3-4H,5-6H2,1-2H3,(H,16,17);1-2H3. The van der Waals surface area contributed by atoms with Crippen LogP contribution in [0.2, 0.25) is 0 Å². The van der Waals surface area contributed by atoms with Crippen molar-refractivity contribution in [3.63, 3.8) is 0 Å². The second-order valence-corrected chi connectivity index (χ2v) is 4.60. The van der Waals surface area contributed by atoms with Crippen molar-refractivity contribution in [2.24, 2.45) is 0 Å². The summed E-state index contributed by atoms with van der Waals surface area (Å²) in [6.45, 7) is 5.89. The number of hydrogen-bond acceptors (Lipinski definition) is 4. The molecule has 0 aliphatic heterocycles. The summed E-state index contributed by atoms with van der Waals surface area (Å²) in [5.74, 6) is 0.123. The summed E-state index contributed by atoms with van der Waals surface area (Å²) in [6, 6.07) is 3.67. The Hall–Kier alpha value is -2.11. The van der Waals surface area contributed by atoms with Gasteiger partial charge in [0.25, 0.3) is 0 Å². The summed E-state index contributed by atoms with van der Waals surface area (Å²) in [5.41, 5.74) is 0.578. The number of carbonyl (C=O) groups is 1. The monoisotopic (exact) mass is 277 g/mol. The minimum absolute atomic E-state index is 0.377. The van der Waals surface area contributed by atoms with Crippen LogP contribution in [0.4, 0.5) is 0 Å². The maximum atomic E-state index is 11.3. The lowest BCUT2D eigenvalue weighted by molar-refractivity contribution is -0.140. The molecule has 3 rings (SSSR count). The first-order valence-electron chi connectivity index (χ1n) is 6.73. The van der Waals surface area contributed by atoms with Gasteiger partial charge in [-0.15, -0.1) is 5.10 Å². The molecule has 2 aromatic heterocycles. The van der Waals surface area contributed by atoms with Crippen LogP contribution < -0.4 is 4.74 Å². The van der Waals surface area contributed by atoms with Crippen LogP contribution in [0.5, 0.6) is 5.75 Å². The molecule has 1 N–H and O–H groups in total. The average Bonchev–Trinajstić information content (AvgIpc) is 3.15. The van der Waals surface area contributed by atoms with Crippen molar-refractivity contribution in [1.29, 1.82) is 0 Å². The van der Waals surface area contributed by atoms with Gasteiger partial charge in [0.05, 0.1) is 7.11 Å². The molecule has 0 radical (unpaired) electrons. The van der Waals surface area contributed by atoms with E-state index in [0.29, 0.717) is 30.1 Å². The molecule has 108 valence electrons. The molecule has 1 aliphatic carbocycles. The van der Waals surface area contributed by atoms with E-state index >= 15 is 0 Å². The van der Waals surface area contributed by atoms with E-state index in [9.17, 15) is 9.90 Å². The molecule has 1 saturated carbocycles. The zero-order valence-electron chi connectivity index (χ0n) is 12.2. The van der Waals surface area contributed by atoms with Gasteiger partial charge < -0.3 is 9.84 Å². The smallest absolute Gasteiger partial charge is 0.317 e. The fourth-order valence-corrected chi connectivity index (χ4v) is 2.08. The topological polar surface area (TPSA) is 76.7 Å². The van der Waals surface area contributed by atoms with E-state index in [-0.39, 0.29) is 0 Å². The predicted octanol–water partition coefficient (Wildman–Crippen LogP) is 2.19. The number of nitrogens with zero attached hydrogens (tertiary/aromatic N) is 3. The molecule has 1 aliphatic rings. The number of aromatic nitrogens is 3. The number of aryl methyl sites for hydroxylation is 1. The first kappa shape index (κ1) is 14.3. The molecule has 6 heteroatoms. The molecule has 0 amide bonds. The molecular weight excluding hydrogens is 258 g/mol. The zero-order valence-corrected chi connectivity index (χ0v) is 12.2. The summed E-state index contributed by atoms with van der Waals surface area (Å²) in [5, 5.41) is 13.6. The maximum Gasteiger partial charge on any atom is 0.317 e. The number of aliphatic carboxylic acids is 1. The molecule has 0 atom stereocenters. The number of pyridine rings is 1. The van der Waals surface area contributed by atoms with Gasteiger partial charge in [-0.05, 0) is 31.9 Å². The molecule has 20 heavy (non-hydrogen) atoms. The van der Waals surface area contributed by atoms with Crippen molar-refractivity contribution in [3.05, 3.63) is 23.7 Å². The second-order valence-electron chi connectivity index (χ2n) is 4.60. The highest BCUT2D eigenvalue weighted by atomic mass is 16.5. The van der Waals surface area contributed by atoms with E-state index in [1.807, 2.05) is 32.9 Å². The number of carboxylic acids is 1. The van der Waals surface area contributed by atoms with E-state index in [4.69, 9.17) is 4.74 Å². The van der Waals surface area contributed by atoms with Gasteiger partial charge in [0, 0.05) is 5.69 Å². The Balaban J connectivity index is 0.000000704. The number of carboxylic acid groups (broad SMARTS) is 1. The lowest BCUT2D eigenvalue weighted by Gasteiger charge is -2.02. The first-order chi connectivity index (χ1) is 9.58. The Labute approximate surface area is 117 Å². The third-order valence-corrected chi connectivity index (χ3v) is 3.44. The summed E-state index contributed by atoms with van der Waals surface area (Å²) in [7, 11) is 1.56. The highest BCUT2D eigenvalue weighted by Gasteiger charge is 2.55. The number of methoxy groups -OCH3 is 1. The van der Waals surface area contributed by atoms with Gasteiger partial charge in [0.1, 0.15) is 5.41 Å². The van der Waals surface area contributed by atoms with Crippen LogP contribution in [-0.4, -0.2) is 32.8 Å². The predicted molar refractivity (Wildman–Crippen MR) is 74.2 cm³/mol. The van der Waals surface area contributed by atoms with Gasteiger partial charge >= 0.3 is 5.97 Å². The third-order valence-electron chi connectivity index (χ3n) is 3.44. The normalized spacial score (nSPS) is 15.4. The van der Waals surface area contributed by atoms with Crippen molar-refractivity contribution < 1.29 is 14.6 Å². The van der Waals surface area contributed by atoms with Gasteiger partial charge in [-0.2, -0.15) is 0 Å². The number of fused-ring (bicyclic) bond motifs is 1. The second kappa shape index (κ2) is 5.11. The molecular formula is C14H19N3O3. The Morgan fingerprint density at radius 3 is 2.55 bits per heavy atom. The van der Waals surface area contributed by atoms with Crippen LogP contribution >= 0.6 is 0 Å². The molecule has 0 unspecified atom stereocenters. The summed E-state index contributed by atoms with van der Waals surface area (Å²) < 4.78 is 6.85. The Kier molecular flexibility index (Phi) is 3.65. The van der Waals surface area contributed by atoms with Gasteiger partial charge in [0.2, 0.25) is 0 Å². The maximum absolute atomic E-state index is 11.3. The number of hydrogen-bond donors (Lipinski definition) is 1. The van der Waals surface area contributed by atoms with Crippen LogP contribution in [0.1, 0.15) is 38.2 Å². The van der Waals surface area contributed by atoms with Crippen LogP contribution in [0.25, 0.3) is 5.65 Å². The van der Waals surface area contributed by atoms with Crippen molar-refractivity contribution in [2.45, 2.75) is 39.0 Å². The van der Waals surface area contributed by atoms with Crippen molar-refractivity contribution in [3.8, 4) is 5.75 Å². The lowest BCUT2D eigenvalue weighted by atomic mass is 10.1. The highest BCUT2D eigenvalue weighted by Crippen LogP contribution is 2.47. The first-order valence-corrected chi connectivity index (χ1v) is 6.73. The van der Waals surface area contributed by atoms with Crippen LogP contribution in [-0.2, 0) is 10.2 Å². The Morgan fingerprint density at radius 1 is 1.40 bits per heavy atom. The summed E-state index contributed by atoms with van der Waals surface area (Å²) in [4.78, 5) is 15.6. The third kappa shape index (κ3) is 2.01. The largest absolute Gasteiger partial charge is 0.493 e. The minimum atomic E-state index is -0.885. The van der Waals surface area contributed by atoms with E-state index in [1.165, 1.54) is 0 Å². The zero-order chi connectivity index (χ0) is 14.9. The van der Waals surface area contributed by atoms with Crippen molar-refractivity contribution in [1.82, 2.24) is 14.6 Å². The summed E-state index contributed by atoms with van der Waals surface area (Å²) in [6.07, 6.45) is 1.20. The van der Waals surface area contributed by atoms with E-state index in [2.05, 4.69) is 10.1 Å². The lowest BCUT2D eigenvalue weighted by Crippen LogP contribution is -2.21. The molecule has 0 saturated heterocycles. The van der Waals surface area contributed by atoms with E-state index in [1.54, 1.807) is 11.6 Å². The molecule has 2 aromatic rings.